The van der Waals surface area contributed by atoms with Crippen LogP contribution in [0, 0.1) is 0 Å². The molecule has 1 saturated heterocycles. The molecule has 0 aromatic carbocycles. The van der Waals surface area contributed by atoms with Crippen LogP contribution in [0.4, 0.5) is 0 Å². The third-order valence-electron chi connectivity index (χ3n) is 17.8. The largest absolute Gasteiger partial charge is 0.466 e. The van der Waals surface area contributed by atoms with Gasteiger partial charge in [-0.2, -0.15) is 0 Å². The van der Waals surface area contributed by atoms with Crippen LogP contribution in [0.25, 0.3) is 0 Å². The van der Waals surface area contributed by atoms with Gasteiger partial charge in [0.15, 0.2) is 6.29 Å². The number of esters is 1. The minimum atomic E-state index is -1.58. The number of aliphatic hydroxyl groups is 5. The van der Waals surface area contributed by atoms with Crippen molar-refractivity contribution in [1.82, 2.24) is 5.32 Å². The summed E-state index contributed by atoms with van der Waals surface area (Å²) in [4.78, 5) is 25.1. The van der Waals surface area contributed by atoms with Crippen molar-refractivity contribution >= 4 is 11.9 Å². The first-order valence-electron chi connectivity index (χ1n) is 38.1. The first-order chi connectivity index (χ1) is 43.7. The molecule has 0 bridgehead atoms. The molecule has 1 fully saturated rings. The molecule has 1 amide bonds. The Morgan fingerprint density at radius 2 is 0.764 bits per heavy atom. The van der Waals surface area contributed by atoms with Gasteiger partial charge in [-0.3, -0.25) is 9.59 Å². The number of hydrogen-bond acceptors (Lipinski definition) is 10. The van der Waals surface area contributed by atoms with E-state index in [1.54, 1.807) is 6.08 Å². The lowest BCUT2D eigenvalue weighted by Gasteiger charge is -2.40. The lowest BCUT2D eigenvalue weighted by molar-refractivity contribution is -0.302. The Balaban J connectivity index is 1.90. The van der Waals surface area contributed by atoms with Gasteiger partial charge in [0.25, 0.3) is 0 Å². The number of amides is 1. The summed E-state index contributed by atoms with van der Waals surface area (Å²) in [5, 5.41) is 54.3. The summed E-state index contributed by atoms with van der Waals surface area (Å²) in [6.45, 7) is 4.32. The van der Waals surface area contributed by atoms with Gasteiger partial charge in [-0.15, -0.1) is 0 Å². The van der Waals surface area contributed by atoms with Crippen molar-refractivity contribution in [3.63, 3.8) is 0 Å². The van der Waals surface area contributed by atoms with E-state index >= 15 is 0 Å². The van der Waals surface area contributed by atoms with Gasteiger partial charge in [0.1, 0.15) is 24.4 Å². The molecule has 520 valence electrons. The van der Waals surface area contributed by atoms with Gasteiger partial charge < -0.3 is 45.1 Å². The molecule has 0 aliphatic carbocycles. The Kier molecular flexibility index (Phi) is 63.3. The number of rotatable bonds is 67. The van der Waals surface area contributed by atoms with Crippen LogP contribution in [0.15, 0.2) is 60.8 Å². The SMILES string of the molecule is CCCCCC/C=C/CC/C=C/C(O)C(COC1OC(CO)C(O)C(O)C1O)NC(=O)CCCCCCCCCCCCCCCCCCC/C=C\C/C=C\CCCCCCCCCCCOC(=O)CCCCCCCCC/C=C\CCCCCCCCC. The minimum absolute atomic E-state index is 0.00385. The number of aliphatic hydroxyl groups excluding tert-OH is 5. The molecule has 1 aliphatic heterocycles. The summed E-state index contributed by atoms with van der Waals surface area (Å²) in [7, 11) is 0. The van der Waals surface area contributed by atoms with Crippen LogP contribution in [-0.4, -0.2) is 100 Å². The molecule has 0 spiro atoms. The highest BCUT2D eigenvalue weighted by Crippen LogP contribution is 2.23. The molecular weight excluding hydrogens is 1110 g/mol. The van der Waals surface area contributed by atoms with Crippen molar-refractivity contribution < 1.29 is 49.3 Å². The lowest BCUT2D eigenvalue weighted by Crippen LogP contribution is -2.60. The predicted molar refractivity (Wildman–Crippen MR) is 375 cm³/mol. The summed E-state index contributed by atoms with van der Waals surface area (Å²) < 4.78 is 16.7. The number of unbranched alkanes of at least 4 members (excludes halogenated alkanes) is 45. The van der Waals surface area contributed by atoms with E-state index in [9.17, 15) is 35.1 Å². The van der Waals surface area contributed by atoms with Gasteiger partial charge in [-0.1, -0.05) is 306 Å². The van der Waals surface area contributed by atoms with Gasteiger partial charge in [-0.25, -0.2) is 0 Å². The van der Waals surface area contributed by atoms with Crippen LogP contribution in [0.5, 0.6) is 0 Å². The first-order valence-corrected chi connectivity index (χ1v) is 38.1. The first kappa shape index (κ1) is 84.4. The van der Waals surface area contributed by atoms with E-state index in [4.69, 9.17) is 14.2 Å². The molecule has 1 heterocycles. The average molecular weight is 1250 g/mol. The second-order valence-corrected chi connectivity index (χ2v) is 26.3. The van der Waals surface area contributed by atoms with E-state index in [0.29, 0.717) is 19.4 Å². The molecule has 7 unspecified atom stereocenters. The molecule has 0 saturated carbocycles. The Bertz CT molecular complexity index is 1660. The highest BCUT2D eigenvalue weighted by Gasteiger charge is 2.44. The molecule has 11 heteroatoms. The van der Waals surface area contributed by atoms with Crippen molar-refractivity contribution in [2.24, 2.45) is 0 Å². The quantitative estimate of drug-likeness (QED) is 0.0195. The molecule has 0 aromatic rings. The van der Waals surface area contributed by atoms with Crippen molar-refractivity contribution in [2.45, 2.75) is 403 Å². The molecule has 11 nitrogen and oxygen atoms in total. The third kappa shape index (κ3) is 55.5. The van der Waals surface area contributed by atoms with Gasteiger partial charge in [-0.05, 0) is 103 Å². The van der Waals surface area contributed by atoms with Crippen molar-refractivity contribution in [3.8, 4) is 0 Å². The number of allylic oxidation sites excluding steroid dienone is 9. The second-order valence-electron chi connectivity index (χ2n) is 26.3. The molecule has 89 heavy (non-hydrogen) atoms. The maximum Gasteiger partial charge on any atom is 0.305 e. The molecule has 1 aliphatic rings. The molecule has 7 atom stereocenters. The fourth-order valence-electron chi connectivity index (χ4n) is 11.8. The topological polar surface area (TPSA) is 175 Å². The molecule has 0 radical (unpaired) electrons. The van der Waals surface area contributed by atoms with Crippen molar-refractivity contribution in [2.75, 3.05) is 19.8 Å². The van der Waals surface area contributed by atoms with Gasteiger partial charge in [0.05, 0.1) is 32.0 Å². The Morgan fingerprint density at radius 3 is 1.19 bits per heavy atom. The van der Waals surface area contributed by atoms with Crippen molar-refractivity contribution in [3.05, 3.63) is 60.8 Å². The normalized spacial score (nSPS) is 18.0. The molecule has 6 N–H and O–H groups in total. The van der Waals surface area contributed by atoms with Crippen molar-refractivity contribution in [1.29, 1.82) is 0 Å². The summed E-state index contributed by atoms with van der Waals surface area (Å²) in [6, 6.07) is -0.826. The van der Waals surface area contributed by atoms with Crippen LogP contribution >= 0.6 is 0 Å². The van der Waals surface area contributed by atoms with E-state index in [2.05, 4.69) is 67.8 Å². The Morgan fingerprint density at radius 1 is 0.416 bits per heavy atom. The average Bonchev–Trinajstić information content (AvgIpc) is 1.76. The number of ether oxygens (including phenoxy) is 3. The van der Waals surface area contributed by atoms with E-state index < -0.39 is 49.5 Å². The number of carbonyl (C=O) groups is 2. The summed E-state index contributed by atoms with van der Waals surface area (Å²) in [5.74, 6) is -0.187. The monoisotopic (exact) mass is 1250 g/mol. The Labute approximate surface area is 548 Å². The highest BCUT2D eigenvalue weighted by molar-refractivity contribution is 5.76. The standard InChI is InChI=1S/C78H143NO10/c1-3-5-7-9-11-13-15-16-17-18-37-40-43-46-50-54-58-62-66-74(83)87-67-63-59-55-51-47-44-41-38-35-33-31-29-27-25-23-21-19-20-22-24-26-28-30-32-34-36-39-42-45-49-53-57-61-65-73(82)79-70(69-88-78-77(86)76(85)75(84)72(68-80)89-78)71(81)64-60-56-52-48-14-12-10-8-6-4-2/h14,17-18,23,25,29,31,48,60,64,70-72,75-78,80-81,84-86H,3-13,15-16,19-22,24,26-28,30,32-47,49-59,61-63,65-69H2,1-2H3,(H,79,82)/b18-17-,25-23-,31-29-,48-14+,64-60+. The second kappa shape index (κ2) is 66.8. The van der Waals surface area contributed by atoms with Gasteiger partial charge >= 0.3 is 5.97 Å². The van der Waals surface area contributed by atoms with Gasteiger partial charge in [0, 0.05) is 12.8 Å². The molecular formula is C78H143NO10. The number of carbonyl (C=O) groups excluding carboxylic acids is 2. The zero-order valence-electron chi connectivity index (χ0n) is 57.9. The zero-order chi connectivity index (χ0) is 64.4. The van der Waals surface area contributed by atoms with Crippen LogP contribution in [0.2, 0.25) is 0 Å². The Hall–Kier alpha value is -2.64. The maximum absolute atomic E-state index is 13.0. The van der Waals surface area contributed by atoms with Crippen LogP contribution in [0.1, 0.15) is 361 Å². The van der Waals surface area contributed by atoms with E-state index in [0.717, 1.165) is 64.2 Å². The summed E-state index contributed by atoms with van der Waals surface area (Å²) >= 11 is 0. The van der Waals surface area contributed by atoms with Crippen LogP contribution in [0.3, 0.4) is 0 Å². The predicted octanol–water partition coefficient (Wildman–Crippen LogP) is 20.1. The number of hydrogen-bond donors (Lipinski definition) is 6. The lowest BCUT2D eigenvalue weighted by atomic mass is 9.99. The summed E-state index contributed by atoms with van der Waals surface area (Å²) in [5.41, 5.74) is 0. The smallest absolute Gasteiger partial charge is 0.305 e. The van der Waals surface area contributed by atoms with Crippen LogP contribution < -0.4 is 5.32 Å². The van der Waals surface area contributed by atoms with Gasteiger partial charge in [0.2, 0.25) is 5.91 Å². The maximum atomic E-state index is 13.0. The fraction of sp³-hybridized carbons (Fsp3) is 0.846. The van der Waals surface area contributed by atoms with E-state index in [1.165, 1.54) is 270 Å². The van der Waals surface area contributed by atoms with E-state index in [-0.39, 0.29) is 18.5 Å². The van der Waals surface area contributed by atoms with Crippen LogP contribution in [-0.2, 0) is 23.8 Å². The molecule has 1 rings (SSSR count). The fourth-order valence-corrected chi connectivity index (χ4v) is 11.8. The molecule has 0 aromatic heterocycles. The number of nitrogens with one attached hydrogen (secondary N) is 1. The summed E-state index contributed by atoms with van der Waals surface area (Å²) in [6.07, 6.45) is 79.6. The minimum Gasteiger partial charge on any atom is -0.466 e. The van der Waals surface area contributed by atoms with E-state index in [1.807, 2.05) is 6.08 Å². The highest BCUT2D eigenvalue weighted by atomic mass is 16.7. The zero-order valence-corrected chi connectivity index (χ0v) is 57.9. The third-order valence-corrected chi connectivity index (χ3v) is 17.8.